The van der Waals surface area contributed by atoms with Gasteiger partial charge in [-0.05, 0) is 117 Å². The van der Waals surface area contributed by atoms with Crippen LogP contribution < -0.4 is 0 Å². The maximum atomic E-state index is 5.70. The molecule has 0 amide bonds. The van der Waals surface area contributed by atoms with E-state index in [0.29, 0.717) is 0 Å². The van der Waals surface area contributed by atoms with Crippen molar-refractivity contribution in [3.8, 4) is 39.3 Å². The van der Waals surface area contributed by atoms with Crippen LogP contribution in [0.4, 0.5) is 0 Å². The highest BCUT2D eigenvalue weighted by atomic mass is 15.1. The summed E-state index contributed by atoms with van der Waals surface area (Å²) < 4.78 is 2.40. The lowest BCUT2D eigenvalue weighted by molar-refractivity contribution is 1.11. The van der Waals surface area contributed by atoms with E-state index in [2.05, 4.69) is 211 Å². The van der Waals surface area contributed by atoms with Crippen LogP contribution in [0.1, 0.15) is 0 Å². The first-order valence-corrected chi connectivity index (χ1v) is 20.4. The molecule has 13 rings (SSSR count). The fourth-order valence-electron chi connectivity index (χ4n) is 10.1. The molecule has 0 aliphatic carbocycles. The summed E-state index contributed by atoms with van der Waals surface area (Å²) in [4.78, 5) is 5.70. The summed E-state index contributed by atoms with van der Waals surface area (Å²) in [6.45, 7) is 0. The summed E-state index contributed by atoms with van der Waals surface area (Å²) in [5, 5.41) is 17.3. The quantitative estimate of drug-likeness (QED) is 0.130. The minimum absolute atomic E-state index is 0.926. The Bertz CT molecular complexity index is 3840. The van der Waals surface area contributed by atoms with Gasteiger partial charge in [0.05, 0.1) is 11.0 Å². The van der Waals surface area contributed by atoms with Gasteiger partial charge in [0.1, 0.15) is 5.82 Å². The van der Waals surface area contributed by atoms with Crippen molar-refractivity contribution in [2.75, 3.05) is 0 Å². The number of hydrogen-bond donors (Lipinski definition) is 0. The van der Waals surface area contributed by atoms with Crippen LogP contribution in [0, 0.1) is 0 Å². The second kappa shape index (κ2) is 12.3. The van der Waals surface area contributed by atoms with Gasteiger partial charge in [0, 0.05) is 22.0 Å². The van der Waals surface area contributed by atoms with Crippen molar-refractivity contribution in [2.24, 2.45) is 0 Å². The molecule has 0 saturated heterocycles. The standard InChI is InChI=1S/C57H34N2/c1-2-18-44(19-3-1)59-56-49-23-11-17-38-27-26-37-16-10-22-48(53(37)54(38)49)55(56)58-57(59)43-30-31-47-50(34-43)52(42-29-25-36-13-5-7-15-40(36)33-42)46-21-9-8-20-45(46)51(47)41-28-24-35-12-4-6-14-39(35)32-41/h1-34H. The van der Waals surface area contributed by atoms with Gasteiger partial charge < -0.3 is 0 Å². The minimum atomic E-state index is 0.926. The Balaban J connectivity index is 1.18. The second-order valence-electron chi connectivity index (χ2n) is 15.9. The maximum absolute atomic E-state index is 5.70. The number of benzene rings is 12. The molecule has 13 aromatic rings. The Kier molecular flexibility index (Phi) is 6.76. The van der Waals surface area contributed by atoms with Crippen LogP contribution >= 0.6 is 0 Å². The zero-order chi connectivity index (χ0) is 38.6. The molecule has 272 valence electrons. The van der Waals surface area contributed by atoms with Crippen molar-refractivity contribution in [1.29, 1.82) is 0 Å². The normalized spacial score (nSPS) is 12.1. The largest absolute Gasteiger partial charge is 0.292 e. The summed E-state index contributed by atoms with van der Waals surface area (Å²) in [7, 11) is 0. The van der Waals surface area contributed by atoms with Crippen LogP contribution in [0.2, 0.25) is 0 Å². The number of fused-ring (bicyclic) bond motifs is 7. The summed E-state index contributed by atoms with van der Waals surface area (Å²) >= 11 is 0. The first-order chi connectivity index (χ1) is 29.3. The first-order valence-electron chi connectivity index (χ1n) is 20.4. The molecule has 0 unspecified atom stereocenters. The van der Waals surface area contributed by atoms with Crippen LogP contribution in [0.25, 0.3) is 126 Å². The number of para-hydroxylation sites is 1. The molecular weight excluding hydrogens is 713 g/mol. The molecule has 0 spiro atoms. The van der Waals surface area contributed by atoms with Gasteiger partial charge in [-0.3, -0.25) is 4.57 Å². The lowest BCUT2D eigenvalue weighted by atomic mass is 9.84. The SMILES string of the molecule is c1ccc(-n2c(-c3ccc4c(-c5ccc6ccccc6c5)c5ccccc5c(-c5ccc6ccccc6c5)c4c3)nc3c4cccc5ccc6cccc(c6c54)c32)cc1. The van der Waals surface area contributed by atoms with E-state index in [0.717, 1.165) is 28.1 Å². The molecule has 0 fully saturated rings. The van der Waals surface area contributed by atoms with E-state index in [1.54, 1.807) is 0 Å². The average Bonchev–Trinajstić information content (AvgIpc) is 3.71. The predicted octanol–water partition coefficient (Wildman–Crippen LogP) is 15.5. The van der Waals surface area contributed by atoms with Crippen LogP contribution in [-0.2, 0) is 0 Å². The van der Waals surface area contributed by atoms with E-state index in [1.165, 1.54) is 97.7 Å². The van der Waals surface area contributed by atoms with Crippen molar-refractivity contribution < 1.29 is 0 Å². The lowest BCUT2D eigenvalue weighted by Crippen LogP contribution is -1.99. The smallest absolute Gasteiger partial charge is 0.145 e. The summed E-state index contributed by atoms with van der Waals surface area (Å²) in [6.07, 6.45) is 0. The Labute approximate surface area is 340 Å². The van der Waals surface area contributed by atoms with Gasteiger partial charge in [-0.15, -0.1) is 0 Å². The fourth-order valence-corrected chi connectivity index (χ4v) is 10.1. The average molecular weight is 747 g/mol. The number of imidazole rings is 1. The summed E-state index contributed by atoms with van der Waals surface area (Å²) in [5.74, 6) is 0.926. The van der Waals surface area contributed by atoms with Crippen LogP contribution in [0.15, 0.2) is 206 Å². The molecule has 0 aliphatic rings. The number of nitrogens with zero attached hydrogens (tertiary/aromatic N) is 2. The van der Waals surface area contributed by atoms with Gasteiger partial charge in [-0.25, -0.2) is 4.98 Å². The van der Waals surface area contributed by atoms with Crippen molar-refractivity contribution in [3.05, 3.63) is 206 Å². The van der Waals surface area contributed by atoms with Gasteiger partial charge in [0.15, 0.2) is 0 Å². The fraction of sp³-hybridized carbons (Fsp3) is 0. The first kappa shape index (κ1) is 32.3. The topological polar surface area (TPSA) is 17.8 Å². The molecule has 0 N–H and O–H groups in total. The van der Waals surface area contributed by atoms with Gasteiger partial charge in [-0.2, -0.15) is 0 Å². The highest BCUT2D eigenvalue weighted by molar-refractivity contribution is 6.33. The third-order valence-electron chi connectivity index (χ3n) is 12.6. The van der Waals surface area contributed by atoms with E-state index in [1.807, 2.05) is 0 Å². The molecule has 0 atom stereocenters. The Morgan fingerprint density at radius 2 is 0.780 bits per heavy atom. The van der Waals surface area contributed by atoms with Crippen molar-refractivity contribution in [3.63, 3.8) is 0 Å². The van der Waals surface area contributed by atoms with Crippen LogP contribution in [-0.4, -0.2) is 9.55 Å². The number of aromatic nitrogens is 2. The molecule has 0 saturated carbocycles. The monoisotopic (exact) mass is 746 g/mol. The molecule has 59 heavy (non-hydrogen) atoms. The van der Waals surface area contributed by atoms with E-state index >= 15 is 0 Å². The number of rotatable bonds is 4. The third kappa shape index (κ3) is 4.72. The van der Waals surface area contributed by atoms with Gasteiger partial charge in [-0.1, -0.05) is 176 Å². The molecule has 1 aromatic heterocycles. The molecule has 2 heteroatoms. The molecular formula is C57H34N2. The summed E-state index contributed by atoms with van der Waals surface area (Å²) in [5.41, 5.74) is 9.20. The van der Waals surface area contributed by atoms with E-state index in [9.17, 15) is 0 Å². The van der Waals surface area contributed by atoms with Crippen LogP contribution in [0.5, 0.6) is 0 Å². The molecule has 0 bridgehead atoms. The minimum Gasteiger partial charge on any atom is -0.292 e. The highest BCUT2D eigenvalue weighted by Crippen LogP contribution is 2.47. The Morgan fingerprint density at radius 3 is 1.44 bits per heavy atom. The Hall–Kier alpha value is -7.81. The predicted molar refractivity (Wildman–Crippen MR) is 251 cm³/mol. The van der Waals surface area contributed by atoms with Crippen molar-refractivity contribution in [1.82, 2.24) is 9.55 Å². The Morgan fingerprint density at radius 1 is 0.305 bits per heavy atom. The van der Waals surface area contributed by atoms with Gasteiger partial charge >= 0.3 is 0 Å². The van der Waals surface area contributed by atoms with E-state index in [4.69, 9.17) is 4.98 Å². The zero-order valence-electron chi connectivity index (χ0n) is 32.0. The maximum Gasteiger partial charge on any atom is 0.145 e. The van der Waals surface area contributed by atoms with Crippen LogP contribution in [0.3, 0.4) is 0 Å². The van der Waals surface area contributed by atoms with Crippen molar-refractivity contribution >= 4 is 86.4 Å². The highest BCUT2D eigenvalue weighted by Gasteiger charge is 2.24. The zero-order valence-corrected chi connectivity index (χ0v) is 32.0. The van der Waals surface area contributed by atoms with Gasteiger partial charge in [0.2, 0.25) is 0 Å². The third-order valence-corrected chi connectivity index (χ3v) is 12.6. The van der Waals surface area contributed by atoms with E-state index < -0.39 is 0 Å². The van der Waals surface area contributed by atoms with Gasteiger partial charge in [0.25, 0.3) is 0 Å². The summed E-state index contributed by atoms with van der Waals surface area (Å²) in [6, 6.07) is 75.8. The number of hydrogen-bond acceptors (Lipinski definition) is 1. The lowest BCUT2D eigenvalue weighted by Gasteiger charge is -2.19. The molecule has 12 aromatic carbocycles. The van der Waals surface area contributed by atoms with Crippen molar-refractivity contribution in [2.45, 2.75) is 0 Å². The second-order valence-corrected chi connectivity index (χ2v) is 15.9. The molecule has 0 aliphatic heterocycles. The molecule has 0 radical (unpaired) electrons. The molecule has 2 nitrogen and oxygen atoms in total. The molecule has 1 heterocycles. The van der Waals surface area contributed by atoms with E-state index in [-0.39, 0.29) is 0 Å².